The fourth-order valence-electron chi connectivity index (χ4n) is 1.43. The van der Waals surface area contributed by atoms with Gasteiger partial charge in [0.15, 0.2) is 0 Å². The Kier molecular flexibility index (Phi) is 5.65. The number of rotatable bonds is 0. The third-order valence-electron chi connectivity index (χ3n) is 2.08. The molecule has 4 heteroatoms. The molecule has 1 aliphatic heterocycles. The van der Waals surface area contributed by atoms with Gasteiger partial charge in [0.2, 0.25) is 0 Å². The summed E-state index contributed by atoms with van der Waals surface area (Å²) in [5, 5.41) is 7.00. The second kappa shape index (κ2) is 5.95. The predicted octanol–water partition coefficient (Wildman–Crippen LogP) is 1.87. The van der Waals surface area contributed by atoms with Crippen molar-refractivity contribution in [1.82, 2.24) is 4.90 Å². The van der Waals surface area contributed by atoms with E-state index < -0.39 is 0 Å². The lowest BCUT2D eigenvalue weighted by molar-refractivity contribution is 0.0289. The fourth-order valence-corrected chi connectivity index (χ4v) is 1.43. The van der Waals surface area contributed by atoms with E-state index in [0.717, 1.165) is 26.6 Å². The van der Waals surface area contributed by atoms with Gasteiger partial charge < -0.3 is 14.7 Å². The minimum Gasteiger partial charge on any atom is -0.444 e. The molecule has 1 amide bonds. The van der Waals surface area contributed by atoms with Gasteiger partial charge in [-0.3, -0.25) is 0 Å². The summed E-state index contributed by atoms with van der Waals surface area (Å²) in [6.45, 7) is 9.52. The molecule has 1 aliphatic rings. The second-order valence-electron chi connectivity index (χ2n) is 4.82. The van der Waals surface area contributed by atoms with Gasteiger partial charge in [-0.25, -0.2) is 4.79 Å². The molecule has 0 radical (unpaired) electrons. The molecule has 0 aromatic heterocycles. The maximum Gasteiger partial charge on any atom is 0.410 e. The molecule has 1 unspecified atom stereocenters. The first-order valence-corrected chi connectivity index (χ1v) is 5.31. The summed E-state index contributed by atoms with van der Waals surface area (Å²) < 4.78 is 5.26. The van der Waals surface area contributed by atoms with Gasteiger partial charge in [-0.1, -0.05) is 6.92 Å². The van der Waals surface area contributed by atoms with Crippen LogP contribution in [0.3, 0.4) is 0 Å². The zero-order valence-corrected chi connectivity index (χ0v) is 10.4. The Labute approximate surface area is 92.2 Å². The first-order chi connectivity index (χ1) is 6.88. The van der Waals surface area contributed by atoms with Crippen molar-refractivity contribution in [3.63, 3.8) is 0 Å². The van der Waals surface area contributed by atoms with Crippen molar-refractivity contribution in [3.05, 3.63) is 0 Å². The van der Waals surface area contributed by atoms with Crippen LogP contribution in [0, 0.1) is 5.92 Å². The van der Waals surface area contributed by atoms with Crippen molar-refractivity contribution < 1.29 is 14.6 Å². The number of aliphatic hydroxyl groups excluding tert-OH is 1. The van der Waals surface area contributed by atoms with Gasteiger partial charge in [-0.2, -0.15) is 0 Å². The quantitative estimate of drug-likeness (QED) is 0.674. The highest BCUT2D eigenvalue weighted by atomic mass is 16.6. The van der Waals surface area contributed by atoms with E-state index in [9.17, 15) is 4.79 Å². The molecule has 90 valence electrons. The van der Waals surface area contributed by atoms with Crippen LogP contribution in [-0.2, 0) is 4.74 Å². The molecule has 0 aromatic carbocycles. The topological polar surface area (TPSA) is 49.8 Å². The van der Waals surface area contributed by atoms with Crippen LogP contribution in [0.2, 0.25) is 0 Å². The first kappa shape index (κ1) is 14.2. The number of carbonyl (C=O) groups is 1. The molecule has 0 bridgehead atoms. The Hall–Kier alpha value is -0.770. The third kappa shape index (κ3) is 5.62. The number of hydrogen-bond acceptors (Lipinski definition) is 3. The van der Waals surface area contributed by atoms with Crippen LogP contribution in [0.5, 0.6) is 0 Å². The van der Waals surface area contributed by atoms with Gasteiger partial charge in [0, 0.05) is 20.2 Å². The Morgan fingerprint density at radius 3 is 2.27 bits per heavy atom. The number of nitrogens with zero attached hydrogens (tertiary/aromatic N) is 1. The summed E-state index contributed by atoms with van der Waals surface area (Å²) >= 11 is 0. The molecule has 1 saturated heterocycles. The van der Waals surface area contributed by atoms with Crippen molar-refractivity contribution in [2.24, 2.45) is 5.92 Å². The summed E-state index contributed by atoms with van der Waals surface area (Å²) in [6.07, 6.45) is 0.927. The van der Waals surface area contributed by atoms with E-state index in [1.807, 2.05) is 20.8 Å². The average molecular weight is 217 g/mol. The molecule has 0 aromatic rings. The van der Waals surface area contributed by atoms with Crippen molar-refractivity contribution in [2.75, 3.05) is 20.2 Å². The molecule has 1 N–H and O–H groups in total. The highest BCUT2D eigenvalue weighted by molar-refractivity contribution is 5.68. The lowest BCUT2D eigenvalue weighted by atomic mass is 10.2. The Morgan fingerprint density at radius 2 is 1.93 bits per heavy atom. The fraction of sp³-hybridized carbons (Fsp3) is 0.909. The van der Waals surface area contributed by atoms with Crippen molar-refractivity contribution in [1.29, 1.82) is 0 Å². The monoisotopic (exact) mass is 217 g/mol. The second-order valence-corrected chi connectivity index (χ2v) is 4.82. The van der Waals surface area contributed by atoms with Gasteiger partial charge in [-0.05, 0) is 33.1 Å². The average Bonchev–Trinajstić information content (AvgIpc) is 2.52. The van der Waals surface area contributed by atoms with Gasteiger partial charge in [0.05, 0.1) is 0 Å². The van der Waals surface area contributed by atoms with Crippen molar-refractivity contribution in [2.45, 2.75) is 39.7 Å². The van der Waals surface area contributed by atoms with E-state index in [2.05, 4.69) is 6.92 Å². The molecular formula is C11H23NO3. The highest BCUT2D eigenvalue weighted by Crippen LogP contribution is 2.18. The SMILES string of the molecule is CC1CCN(C(=O)OC(C)(C)C)C1.CO. The molecule has 1 atom stereocenters. The summed E-state index contributed by atoms with van der Waals surface area (Å²) in [5.74, 6) is 0.618. The molecule has 0 spiro atoms. The Balaban J connectivity index is 0.000000921. The summed E-state index contributed by atoms with van der Waals surface area (Å²) in [4.78, 5) is 13.3. The van der Waals surface area contributed by atoms with E-state index in [1.54, 1.807) is 4.90 Å². The molecule has 4 nitrogen and oxygen atoms in total. The summed E-state index contributed by atoms with van der Waals surface area (Å²) in [5.41, 5.74) is -0.372. The van der Waals surface area contributed by atoms with Crippen LogP contribution in [-0.4, -0.2) is 41.9 Å². The summed E-state index contributed by atoms with van der Waals surface area (Å²) in [6, 6.07) is 0. The molecule has 0 saturated carbocycles. The number of hydrogen-bond donors (Lipinski definition) is 1. The predicted molar refractivity (Wildman–Crippen MR) is 59.7 cm³/mol. The lowest BCUT2D eigenvalue weighted by Gasteiger charge is -2.24. The van der Waals surface area contributed by atoms with Gasteiger partial charge in [-0.15, -0.1) is 0 Å². The molecule has 0 aliphatic carbocycles. The molecule has 15 heavy (non-hydrogen) atoms. The maximum absolute atomic E-state index is 11.5. The van der Waals surface area contributed by atoms with Crippen molar-refractivity contribution >= 4 is 6.09 Å². The van der Waals surface area contributed by atoms with E-state index in [4.69, 9.17) is 9.84 Å². The van der Waals surface area contributed by atoms with E-state index in [1.165, 1.54) is 0 Å². The van der Waals surface area contributed by atoms with Crippen LogP contribution in [0.4, 0.5) is 4.79 Å². The molecular weight excluding hydrogens is 194 g/mol. The Bertz CT molecular complexity index is 198. The standard InChI is InChI=1S/C10H19NO2.CH4O/c1-8-5-6-11(7-8)9(12)13-10(2,3)4;1-2/h8H,5-7H2,1-4H3;2H,1H3. The number of carbonyl (C=O) groups excluding carboxylic acids is 1. The number of ether oxygens (including phenoxy) is 1. The maximum atomic E-state index is 11.5. The highest BCUT2D eigenvalue weighted by Gasteiger charge is 2.27. The number of aliphatic hydroxyl groups is 1. The van der Waals surface area contributed by atoms with E-state index >= 15 is 0 Å². The lowest BCUT2D eigenvalue weighted by Crippen LogP contribution is -2.35. The minimum absolute atomic E-state index is 0.170. The van der Waals surface area contributed by atoms with Gasteiger partial charge >= 0.3 is 6.09 Å². The molecule has 1 heterocycles. The number of likely N-dealkylation sites (tertiary alicyclic amines) is 1. The number of amides is 1. The van der Waals surface area contributed by atoms with Crippen molar-refractivity contribution in [3.8, 4) is 0 Å². The first-order valence-electron chi connectivity index (χ1n) is 5.31. The van der Waals surface area contributed by atoms with E-state index in [0.29, 0.717) is 5.92 Å². The van der Waals surface area contributed by atoms with Crippen LogP contribution in [0.15, 0.2) is 0 Å². The van der Waals surface area contributed by atoms with Crippen LogP contribution in [0.1, 0.15) is 34.1 Å². The Morgan fingerprint density at radius 1 is 1.40 bits per heavy atom. The van der Waals surface area contributed by atoms with E-state index in [-0.39, 0.29) is 11.7 Å². The van der Waals surface area contributed by atoms with Crippen LogP contribution < -0.4 is 0 Å². The van der Waals surface area contributed by atoms with Crippen LogP contribution in [0.25, 0.3) is 0 Å². The molecule has 1 rings (SSSR count). The zero-order chi connectivity index (χ0) is 12.1. The third-order valence-corrected chi connectivity index (χ3v) is 2.08. The van der Waals surface area contributed by atoms with Gasteiger partial charge in [0.25, 0.3) is 0 Å². The zero-order valence-electron chi connectivity index (χ0n) is 10.4. The van der Waals surface area contributed by atoms with Crippen LogP contribution >= 0.6 is 0 Å². The minimum atomic E-state index is -0.372. The van der Waals surface area contributed by atoms with Gasteiger partial charge in [0.1, 0.15) is 5.60 Å². The normalized spacial score (nSPS) is 20.7. The largest absolute Gasteiger partial charge is 0.444 e. The smallest absolute Gasteiger partial charge is 0.410 e. The molecule has 1 fully saturated rings. The summed E-state index contributed by atoms with van der Waals surface area (Å²) in [7, 11) is 1.00.